The molecule has 1 aliphatic rings. The lowest BCUT2D eigenvalue weighted by atomic mass is 10.0. The highest BCUT2D eigenvalue weighted by atomic mass is 35.5. The number of ether oxygens (including phenoxy) is 4. The Balaban J connectivity index is 1.55. The van der Waals surface area contributed by atoms with Crippen molar-refractivity contribution in [1.29, 1.82) is 0 Å². The number of hydrogen-bond acceptors (Lipinski definition) is 9. The number of methoxy groups -OCH3 is 3. The highest BCUT2D eigenvalue weighted by Gasteiger charge is 2.36. The predicted octanol–water partition coefficient (Wildman–Crippen LogP) is 7.50. The fraction of sp³-hybridized carbons (Fsp3) is 0.417. The number of aromatic nitrogens is 2. The number of halogens is 2. The van der Waals surface area contributed by atoms with E-state index in [0.717, 1.165) is 5.69 Å². The van der Waals surface area contributed by atoms with E-state index < -0.39 is 5.60 Å². The molecule has 11 nitrogen and oxygen atoms in total. The molecule has 1 aliphatic heterocycles. The summed E-state index contributed by atoms with van der Waals surface area (Å²) in [6.45, 7) is 13.0. The SMILES string of the molecule is CCn1c(=O)c(-c2c(Cl)c(OC)cc(OC)c2Cl)cc2cnc(-c3cc(N)c(N4C[C@@H](C)N(C(=O)OC(C)(C)C)[C@@H](C)C4)cc3OC)cc21. The zero-order valence-electron chi connectivity index (χ0n) is 29.3. The number of hydrogen-bond donors (Lipinski definition) is 1. The smallest absolute Gasteiger partial charge is 0.410 e. The first-order valence-electron chi connectivity index (χ1n) is 16.0. The molecule has 1 amide bonds. The van der Waals surface area contributed by atoms with Gasteiger partial charge in [-0.15, -0.1) is 0 Å². The number of nitrogens with two attached hydrogens (primary N) is 1. The van der Waals surface area contributed by atoms with Crippen molar-refractivity contribution in [2.75, 3.05) is 45.1 Å². The van der Waals surface area contributed by atoms with Crippen LogP contribution in [0.15, 0.2) is 41.3 Å². The zero-order valence-corrected chi connectivity index (χ0v) is 30.8. The van der Waals surface area contributed by atoms with Crippen LogP contribution < -0.4 is 30.4 Å². The van der Waals surface area contributed by atoms with Crippen molar-refractivity contribution in [2.45, 2.75) is 65.8 Å². The van der Waals surface area contributed by atoms with Crippen molar-refractivity contribution in [3.8, 4) is 39.6 Å². The molecule has 49 heavy (non-hydrogen) atoms. The van der Waals surface area contributed by atoms with E-state index >= 15 is 0 Å². The molecule has 0 bridgehead atoms. The van der Waals surface area contributed by atoms with Gasteiger partial charge in [0.25, 0.3) is 5.56 Å². The van der Waals surface area contributed by atoms with Crippen molar-refractivity contribution in [3.05, 3.63) is 56.9 Å². The molecule has 13 heteroatoms. The van der Waals surface area contributed by atoms with E-state index in [1.165, 1.54) is 14.2 Å². The van der Waals surface area contributed by atoms with Crippen LogP contribution in [0, 0.1) is 0 Å². The van der Waals surface area contributed by atoms with Gasteiger partial charge >= 0.3 is 6.09 Å². The molecule has 2 aromatic heterocycles. The fourth-order valence-corrected chi connectivity index (χ4v) is 7.16. The van der Waals surface area contributed by atoms with Crippen LogP contribution in [0.25, 0.3) is 33.3 Å². The average molecular weight is 713 g/mol. The highest BCUT2D eigenvalue weighted by Crippen LogP contribution is 2.46. The number of piperazine rings is 1. The number of pyridine rings is 2. The van der Waals surface area contributed by atoms with Crippen LogP contribution in [0.2, 0.25) is 10.0 Å². The summed E-state index contributed by atoms with van der Waals surface area (Å²) in [7, 11) is 4.56. The maximum atomic E-state index is 14.0. The van der Waals surface area contributed by atoms with Crippen molar-refractivity contribution < 1.29 is 23.7 Å². The van der Waals surface area contributed by atoms with Gasteiger partial charge in [-0.3, -0.25) is 14.7 Å². The van der Waals surface area contributed by atoms with E-state index in [2.05, 4.69) is 4.90 Å². The Morgan fingerprint density at radius 1 is 0.918 bits per heavy atom. The number of aryl methyl sites for hydroxylation is 1. The van der Waals surface area contributed by atoms with Crippen LogP contribution in [-0.4, -0.2) is 72.6 Å². The second-order valence-electron chi connectivity index (χ2n) is 13.1. The van der Waals surface area contributed by atoms with Crippen molar-refractivity contribution in [1.82, 2.24) is 14.5 Å². The number of nitrogen functional groups attached to an aromatic ring is 1. The Morgan fingerprint density at radius 3 is 2.04 bits per heavy atom. The van der Waals surface area contributed by atoms with Gasteiger partial charge in [-0.1, -0.05) is 23.2 Å². The molecule has 1 saturated heterocycles. The lowest BCUT2D eigenvalue weighted by molar-refractivity contribution is 0.00566. The molecule has 2 N–H and O–H groups in total. The van der Waals surface area contributed by atoms with Crippen LogP contribution in [0.1, 0.15) is 41.5 Å². The molecule has 262 valence electrons. The number of amides is 1. The third-order valence-electron chi connectivity index (χ3n) is 8.63. The standard InChI is InChI=1S/C36H43Cl2N5O6/c1-10-42-26-13-25(40-16-21(26)11-23(34(42)44)31-32(37)29(47-8)15-30(48-9)33(31)38)22-12-24(39)27(14-28(22)46-7)41-17-19(2)43(20(3)18-41)35(45)49-36(4,5)6/h11-16,19-20H,10,17-18,39H2,1-9H3/t19-,20+. The van der Waals surface area contributed by atoms with Crippen LogP contribution in [0.4, 0.5) is 16.2 Å². The van der Waals surface area contributed by atoms with Crippen LogP contribution in [0.5, 0.6) is 17.2 Å². The van der Waals surface area contributed by atoms with Crippen molar-refractivity contribution >= 4 is 51.6 Å². The number of fused-ring (bicyclic) bond motifs is 1. The molecule has 5 rings (SSSR count). The van der Waals surface area contributed by atoms with Crippen LogP contribution >= 0.6 is 23.2 Å². The fourth-order valence-electron chi connectivity index (χ4n) is 6.46. The second-order valence-corrected chi connectivity index (χ2v) is 13.9. The Labute approximate surface area is 296 Å². The third kappa shape index (κ3) is 6.78. The van der Waals surface area contributed by atoms with Gasteiger partial charge in [0.2, 0.25) is 0 Å². The summed E-state index contributed by atoms with van der Waals surface area (Å²) >= 11 is 13.4. The molecule has 0 aliphatic carbocycles. The topological polar surface area (TPSA) is 121 Å². The lowest BCUT2D eigenvalue weighted by Crippen LogP contribution is -2.59. The first-order valence-corrected chi connectivity index (χ1v) is 16.8. The van der Waals surface area contributed by atoms with Gasteiger partial charge < -0.3 is 34.1 Å². The van der Waals surface area contributed by atoms with E-state index in [0.29, 0.717) is 70.3 Å². The van der Waals surface area contributed by atoms with Crippen LogP contribution in [-0.2, 0) is 11.3 Å². The van der Waals surface area contributed by atoms with Gasteiger partial charge in [0.05, 0.1) is 71.6 Å². The van der Waals surface area contributed by atoms with Gasteiger partial charge in [-0.05, 0) is 59.7 Å². The second kappa shape index (κ2) is 13.9. The third-order valence-corrected chi connectivity index (χ3v) is 9.38. The normalized spacial score (nSPS) is 16.6. The first kappa shape index (κ1) is 35.9. The molecule has 0 radical (unpaired) electrons. The van der Waals surface area contributed by atoms with Gasteiger partial charge in [-0.2, -0.15) is 0 Å². The molecule has 4 aromatic rings. The summed E-state index contributed by atoms with van der Waals surface area (Å²) in [5.41, 5.74) is 9.66. The molecule has 1 fully saturated rings. The van der Waals surface area contributed by atoms with E-state index in [1.807, 2.05) is 59.7 Å². The minimum atomic E-state index is -0.586. The van der Waals surface area contributed by atoms with E-state index in [-0.39, 0.29) is 39.3 Å². The minimum absolute atomic E-state index is 0.121. The predicted molar refractivity (Wildman–Crippen MR) is 196 cm³/mol. The lowest BCUT2D eigenvalue weighted by Gasteiger charge is -2.45. The monoisotopic (exact) mass is 711 g/mol. The van der Waals surface area contributed by atoms with Gasteiger partial charge in [-0.25, -0.2) is 4.79 Å². The summed E-state index contributed by atoms with van der Waals surface area (Å²) < 4.78 is 24.0. The van der Waals surface area contributed by atoms with Crippen molar-refractivity contribution in [2.24, 2.45) is 0 Å². The number of benzene rings is 2. The number of anilines is 2. The Morgan fingerprint density at radius 2 is 1.51 bits per heavy atom. The zero-order chi connectivity index (χ0) is 35.9. The maximum Gasteiger partial charge on any atom is 0.410 e. The minimum Gasteiger partial charge on any atom is -0.496 e. The molecular weight excluding hydrogens is 669 g/mol. The number of carbonyl (C=O) groups excluding carboxylic acids is 1. The Hall–Kier alpha value is -4.35. The quantitative estimate of drug-likeness (QED) is 0.194. The van der Waals surface area contributed by atoms with Crippen molar-refractivity contribution in [3.63, 3.8) is 0 Å². The summed E-state index contributed by atoms with van der Waals surface area (Å²) in [5.74, 6) is 1.22. The number of carbonyl (C=O) groups is 1. The molecule has 2 atom stereocenters. The van der Waals surface area contributed by atoms with Gasteiger partial charge in [0.15, 0.2) is 0 Å². The van der Waals surface area contributed by atoms with Gasteiger partial charge in [0.1, 0.15) is 22.8 Å². The number of rotatable bonds is 7. The summed E-state index contributed by atoms with van der Waals surface area (Å²) in [6, 6.07) is 8.64. The van der Waals surface area contributed by atoms with E-state index in [4.69, 9.17) is 52.9 Å². The molecule has 0 spiro atoms. The van der Waals surface area contributed by atoms with Gasteiger partial charge in [0, 0.05) is 54.5 Å². The molecule has 0 saturated carbocycles. The Kier molecular flexibility index (Phi) is 10.2. The molecule has 0 unspecified atom stereocenters. The summed E-state index contributed by atoms with van der Waals surface area (Å²) in [4.78, 5) is 35.7. The summed E-state index contributed by atoms with van der Waals surface area (Å²) in [5, 5.41) is 1.10. The van der Waals surface area contributed by atoms with Crippen LogP contribution in [0.3, 0.4) is 0 Å². The first-order chi connectivity index (χ1) is 23.1. The Bertz CT molecular complexity index is 1930. The largest absolute Gasteiger partial charge is 0.496 e. The molecule has 2 aromatic carbocycles. The molecular formula is C36H43Cl2N5O6. The molecule has 3 heterocycles. The highest BCUT2D eigenvalue weighted by molar-refractivity contribution is 6.41. The maximum absolute atomic E-state index is 14.0. The average Bonchev–Trinajstić information content (AvgIpc) is 3.03. The van der Waals surface area contributed by atoms with E-state index in [1.54, 1.807) is 34.9 Å². The summed E-state index contributed by atoms with van der Waals surface area (Å²) in [6.07, 6.45) is 1.37. The van der Waals surface area contributed by atoms with E-state index in [9.17, 15) is 9.59 Å². The number of nitrogens with zero attached hydrogens (tertiary/aromatic N) is 4.